The molecule has 0 radical (unpaired) electrons. The van der Waals surface area contributed by atoms with E-state index < -0.39 is 33.1 Å². The Bertz CT molecular complexity index is 1130. The topological polar surface area (TPSA) is 69.7 Å². The number of sulfonamides is 1. The molecule has 0 bridgehead atoms. The monoisotopic (exact) mass is 541 g/mol. The number of hydrogen-bond donors (Lipinski definition) is 1. The fraction of sp³-hybridized carbons (Fsp3) is 0.435. The van der Waals surface area contributed by atoms with Gasteiger partial charge in [-0.3, -0.25) is 9.69 Å². The quantitative estimate of drug-likeness (QED) is 0.599. The molecule has 1 heterocycles. The van der Waals surface area contributed by atoms with Crippen molar-refractivity contribution < 1.29 is 22.0 Å². The Morgan fingerprint density at radius 1 is 0.939 bits per heavy atom. The van der Waals surface area contributed by atoms with Crippen molar-refractivity contribution in [2.75, 3.05) is 31.5 Å². The van der Waals surface area contributed by atoms with Gasteiger partial charge in [0, 0.05) is 36.7 Å². The van der Waals surface area contributed by atoms with Crippen LogP contribution < -0.4 is 5.32 Å². The second-order valence-electron chi connectivity index (χ2n) is 8.45. The molecule has 0 spiro atoms. The first-order valence-electron chi connectivity index (χ1n) is 11.1. The van der Waals surface area contributed by atoms with Crippen LogP contribution >= 0.6 is 15.9 Å². The normalized spacial score (nSPS) is 18.9. The fourth-order valence-corrected chi connectivity index (χ4v) is 6.31. The number of nitrogens with zero attached hydrogens (tertiary/aromatic N) is 2. The van der Waals surface area contributed by atoms with Gasteiger partial charge >= 0.3 is 0 Å². The van der Waals surface area contributed by atoms with Crippen LogP contribution in [-0.4, -0.2) is 55.8 Å². The van der Waals surface area contributed by atoms with Crippen molar-refractivity contribution in [3.8, 4) is 0 Å². The van der Waals surface area contributed by atoms with E-state index >= 15 is 0 Å². The van der Waals surface area contributed by atoms with E-state index in [0.717, 1.165) is 31.0 Å². The van der Waals surface area contributed by atoms with Gasteiger partial charge in [-0.15, -0.1) is 0 Å². The van der Waals surface area contributed by atoms with Crippen LogP contribution in [0, 0.1) is 11.6 Å². The van der Waals surface area contributed by atoms with Gasteiger partial charge in [-0.05, 0) is 49.2 Å². The third-order valence-electron chi connectivity index (χ3n) is 6.36. The molecule has 1 saturated heterocycles. The minimum atomic E-state index is -3.90. The van der Waals surface area contributed by atoms with E-state index in [4.69, 9.17) is 0 Å². The first kappa shape index (κ1) is 24.3. The van der Waals surface area contributed by atoms with E-state index in [1.54, 1.807) is 0 Å². The number of nitrogens with one attached hydrogen (secondary N) is 1. The maximum atomic E-state index is 14.4. The largest absolute Gasteiger partial charge is 0.319 e. The van der Waals surface area contributed by atoms with E-state index in [1.807, 2.05) is 0 Å². The van der Waals surface area contributed by atoms with Crippen LogP contribution in [0.2, 0.25) is 0 Å². The smallest absolute Gasteiger partial charge is 0.258 e. The summed E-state index contributed by atoms with van der Waals surface area (Å²) in [5.41, 5.74) is -0.589. The third-order valence-corrected chi connectivity index (χ3v) is 8.75. The molecule has 33 heavy (non-hydrogen) atoms. The number of benzene rings is 2. The molecule has 1 aliphatic heterocycles. The maximum absolute atomic E-state index is 14.4. The van der Waals surface area contributed by atoms with Gasteiger partial charge in [-0.2, -0.15) is 4.31 Å². The predicted molar refractivity (Wildman–Crippen MR) is 126 cm³/mol. The molecule has 1 aliphatic carbocycles. The molecular formula is C23H26BrF2N3O3S. The molecule has 10 heteroatoms. The molecule has 2 aromatic rings. The van der Waals surface area contributed by atoms with Crippen LogP contribution in [-0.2, 0) is 10.0 Å². The minimum absolute atomic E-state index is 0.130. The Labute approximate surface area is 201 Å². The second-order valence-corrected chi connectivity index (χ2v) is 11.3. The highest BCUT2D eigenvalue weighted by atomic mass is 79.9. The van der Waals surface area contributed by atoms with Gasteiger partial charge in [-0.25, -0.2) is 17.2 Å². The average Bonchev–Trinajstić information content (AvgIpc) is 2.81. The Hall–Kier alpha value is -1.88. The average molecular weight is 542 g/mol. The van der Waals surface area contributed by atoms with Crippen molar-refractivity contribution in [1.82, 2.24) is 9.21 Å². The number of anilines is 1. The van der Waals surface area contributed by atoms with Crippen LogP contribution in [0.1, 0.15) is 42.5 Å². The van der Waals surface area contributed by atoms with Crippen LogP contribution in [0.25, 0.3) is 0 Å². The summed E-state index contributed by atoms with van der Waals surface area (Å²) in [4.78, 5) is 14.8. The lowest BCUT2D eigenvalue weighted by Gasteiger charge is -2.40. The zero-order valence-corrected chi connectivity index (χ0v) is 20.5. The highest BCUT2D eigenvalue weighted by Crippen LogP contribution is 2.26. The van der Waals surface area contributed by atoms with E-state index in [2.05, 4.69) is 26.1 Å². The van der Waals surface area contributed by atoms with Crippen molar-refractivity contribution in [3.63, 3.8) is 0 Å². The van der Waals surface area contributed by atoms with Gasteiger partial charge < -0.3 is 5.32 Å². The van der Waals surface area contributed by atoms with Gasteiger partial charge in [0.15, 0.2) is 0 Å². The van der Waals surface area contributed by atoms with Crippen LogP contribution in [0.5, 0.6) is 0 Å². The number of hydrogen-bond acceptors (Lipinski definition) is 4. The molecule has 1 amide bonds. The van der Waals surface area contributed by atoms with Crippen LogP contribution in [0.3, 0.4) is 0 Å². The number of piperazine rings is 1. The highest BCUT2D eigenvalue weighted by molar-refractivity contribution is 9.10. The van der Waals surface area contributed by atoms with Gasteiger partial charge in [-0.1, -0.05) is 35.2 Å². The van der Waals surface area contributed by atoms with E-state index in [9.17, 15) is 22.0 Å². The van der Waals surface area contributed by atoms with Gasteiger partial charge in [0.05, 0.1) is 16.1 Å². The lowest BCUT2D eigenvalue weighted by Crippen LogP contribution is -2.52. The SMILES string of the molecule is O=C(Nc1ccc(Br)cc1F)c1cc(S(=O)(=O)N2CCN(C3CCCCC3)CC2)ccc1F. The summed E-state index contributed by atoms with van der Waals surface area (Å²) < 4.78 is 56.7. The van der Waals surface area contributed by atoms with Crippen LogP contribution in [0.15, 0.2) is 45.8 Å². The lowest BCUT2D eigenvalue weighted by atomic mass is 9.94. The molecule has 2 aromatic carbocycles. The summed E-state index contributed by atoms with van der Waals surface area (Å²) in [6, 6.07) is 7.69. The maximum Gasteiger partial charge on any atom is 0.258 e. The second kappa shape index (κ2) is 10.2. The summed E-state index contributed by atoms with van der Waals surface area (Å²) >= 11 is 3.13. The summed E-state index contributed by atoms with van der Waals surface area (Å²) in [7, 11) is -3.90. The highest BCUT2D eigenvalue weighted by Gasteiger charge is 2.32. The van der Waals surface area contributed by atoms with Crippen LogP contribution in [0.4, 0.5) is 14.5 Å². The van der Waals surface area contributed by atoms with Crippen molar-refractivity contribution in [2.45, 2.75) is 43.0 Å². The Kier molecular flexibility index (Phi) is 7.47. The number of carbonyl (C=O) groups is 1. The van der Waals surface area contributed by atoms with E-state index in [0.29, 0.717) is 36.7 Å². The van der Waals surface area contributed by atoms with Crippen molar-refractivity contribution in [2.24, 2.45) is 0 Å². The number of halogens is 3. The number of rotatable bonds is 5. The molecule has 2 fully saturated rings. The summed E-state index contributed by atoms with van der Waals surface area (Å²) in [6.07, 6.45) is 6.01. The molecule has 0 aromatic heterocycles. The fourth-order valence-electron chi connectivity index (χ4n) is 4.52. The number of amides is 1. The molecule has 178 valence electrons. The molecule has 6 nitrogen and oxygen atoms in total. The molecule has 1 saturated carbocycles. The minimum Gasteiger partial charge on any atom is -0.319 e. The molecule has 1 N–H and O–H groups in total. The van der Waals surface area contributed by atoms with Gasteiger partial charge in [0.1, 0.15) is 11.6 Å². The number of carbonyl (C=O) groups excluding carboxylic acids is 1. The third kappa shape index (κ3) is 5.45. The predicted octanol–water partition coefficient (Wildman–Crippen LogP) is 4.62. The summed E-state index contributed by atoms with van der Waals surface area (Å²) in [6.45, 7) is 2.01. The molecule has 2 aliphatic rings. The van der Waals surface area contributed by atoms with Gasteiger partial charge in [0.25, 0.3) is 5.91 Å². The van der Waals surface area contributed by atoms with Crippen molar-refractivity contribution >= 4 is 37.5 Å². The Morgan fingerprint density at radius 2 is 1.64 bits per heavy atom. The Balaban J connectivity index is 1.48. The lowest BCUT2D eigenvalue weighted by molar-refractivity contribution is 0.102. The van der Waals surface area contributed by atoms with Crippen molar-refractivity contribution in [3.05, 3.63) is 58.1 Å². The van der Waals surface area contributed by atoms with E-state index in [-0.39, 0.29) is 10.6 Å². The first-order valence-corrected chi connectivity index (χ1v) is 13.3. The summed E-state index contributed by atoms with van der Waals surface area (Å²) in [5, 5.41) is 2.31. The van der Waals surface area contributed by atoms with Gasteiger partial charge in [0.2, 0.25) is 10.0 Å². The van der Waals surface area contributed by atoms with Crippen molar-refractivity contribution in [1.29, 1.82) is 0 Å². The molecular weight excluding hydrogens is 516 g/mol. The Morgan fingerprint density at radius 3 is 2.30 bits per heavy atom. The standard InChI is InChI=1S/C23H26BrF2N3O3S/c24-16-6-9-22(21(26)14-16)27-23(30)19-15-18(7-8-20(19)25)33(31,32)29-12-10-28(11-13-29)17-4-2-1-3-5-17/h6-9,14-15,17H,1-5,10-13H2,(H,27,30). The zero-order chi connectivity index (χ0) is 23.6. The molecule has 0 atom stereocenters. The molecule has 0 unspecified atom stereocenters. The summed E-state index contributed by atoms with van der Waals surface area (Å²) in [5.74, 6) is -2.50. The van der Waals surface area contributed by atoms with E-state index in [1.165, 1.54) is 41.8 Å². The zero-order valence-electron chi connectivity index (χ0n) is 18.1. The molecule has 4 rings (SSSR count). The first-order chi connectivity index (χ1) is 15.8.